The summed E-state index contributed by atoms with van der Waals surface area (Å²) in [5.41, 5.74) is 1.30. The van der Waals surface area contributed by atoms with Gasteiger partial charge in [-0.15, -0.1) is 0 Å². The van der Waals surface area contributed by atoms with Crippen molar-refractivity contribution in [3.05, 3.63) is 71.0 Å². The Hall–Kier alpha value is -2.95. The first kappa shape index (κ1) is 15.4. The molecule has 2 aromatic rings. The summed E-state index contributed by atoms with van der Waals surface area (Å²) >= 11 is 0. The molecule has 0 amide bonds. The Bertz CT molecular complexity index is 705. The van der Waals surface area contributed by atoms with Gasteiger partial charge in [-0.05, 0) is 41.5 Å². The molecule has 112 valence electrons. The zero-order chi connectivity index (χ0) is 15.9. The number of hydrogen-bond donors (Lipinski definition) is 1. The second-order valence-electron chi connectivity index (χ2n) is 4.47. The fourth-order valence-electron chi connectivity index (χ4n) is 1.84. The van der Waals surface area contributed by atoms with E-state index in [9.17, 15) is 19.1 Å². The van der Waals surface area contributed by atoms with Crippen molar-refractivity contribution >= 4 is 18.3 Å². The summed E-state index contributed by atoms with van der Waals surface area (Å²) in [5, 5.41) is 9.23. The van der Waals surface area contributed by atoms with E-state index in [1.54, 1.807) is 18.2 Å². The standard InChI is InChI=1S/C17H13FO4/c18-14-6-3-13(4-7-14)11-22-16-8-5-12(2-1-9-19)10-15(16)17(20)21/h1-10H,11H2,(H,20,21). The Morgan fingerprint density at radius 2 is 1.91 bits per heavy atom. The molecule has 4 nitrogen and oxygen atoms in total. The number of carboxylic acid groups (broad SMARTS) is 1. The highest BCUT2D eigenvalue weighted by atomic mass is 19.1. The van der Waals surface area contributed by atoms with Crippen LogP contribution in [-0.2, 0) is 11.4 Å². The topological polar surface area (TPSA) is 63.6 Å². The van der Waals surface area contributed by atoms with E-state index in [-0.39, 0.29) is 23.7 Å². The van der Waals surface area contributed by atoms with Crippen LogP contribution in [0.3, 0.4) is 0 Å². The maximum atomic E-state index is 12.8. The van der Waals surface area contributed by atoms with E-state index < -0.39 is 5.97 Å². The van der Waals surface area contributed by atoms with Crippen molar-refractivity contribution in [3.8, 4) is 5.75 Å². The van der Waals surface area contributed by atoms with Gasteiger partial charge in [0.05, 0.1) is 0 Å². The van der Waals surface area contributed by atoms with Gasteiger partial charge < -0.3 is 9.84 Å². The highest BCUT2D eigenvalue weighted by Crippen LogP contribution is 2.22. The molecule has 0 aliphatic heterocycles. The third-order valence-corrected chi connectivity index (χ3v) is 2.91. The van der Waals surface area contributed by atoms with Crippen LogP contribution >= 0.6 is 0 Å². The first-order valence-electron chi connectivity index (χ1n) is 6.46. The van der Waals surface area contributed by atoms with E-state index in [1.807, 2.05) is 0 Å². The molecule has 0 bridgehead atoms. The van der Waals surface area contributed by atoms with E-state index in [0.717, 1.165) is 5.56 Å². The molecule has 0 spiro atoms. The highest BCUT2D eigenvalue weighted by Gasteiger charge is 2.12. The Morgan fingerprint density at radius 3 is 2.55 bits per heavy atom. The molecule has 0 unspecified atom stereocenters. The predicted octanol–water partition coefficient (Wildman–Crippen LogP) is 3.32. The minimum absolute atomic E-state index is 0.00448. The summed E-state index contributed by atoms with van der Waals surface area (Å²) in [4.78, 5) is 21.6. The van der Waals surface area contributed by atoms with Crippen molar-refractivity contribution in [2.75, 3.05) is 0 Å². The van der Waals surface area contributed by atoms with Crippen molar-refractivity contribution in [1.82, 2.24) is 0 Å². The van der Waals surface area contributed by atoms with Crippen LogP contribution in [0.2, 0.25) is 0 Å². The molecule has 0 saturated carbocycles. The molecule has 2 aromatic carbocycles. The van der Waals surface area contributed by atoms with Crippen LogP contribution in [0.25, 0.3) is 6.08 Å². The van der Waals surface area contributed by atoms with Crippen LogP contribution in [0.1, 0.15) is 21.5 Å². The molecule has 0 saturated heterocycles. The minimum Gasteiger partial charge on any atom is -0.488 e. The molecule has 0 fully saturated rings. The molecule has 0 atom stereocenters. The minimum atomic E-state index is -1.13. The number of allylic oxidation sites excluding steroid dienone is 1. The molecule has 1 N–H and O–H groups in total. The number of aldehydes is 1. The average molecular weight is 300 g/mol. The largest absolute Gasteiger partial charge is 0.488 e. The number of carbonyl (C=O) groups is 2. The van der Waals surface area contributed by atoms with Gasteiger partial charge in [-0.2, -0.15) is 0 Å². The first-order chi connectivity index (χ1) is 10.6. The Labute approximate surface area is 126 Å². The number of carboxylic acids is 1. The second kappa shape index (κ2) is 7.17. The number of carbonyl (C=O) groups excluding carboxylic acids is 1. The Morgan fingerprint density at radius 1 is 1.18 bits per heavy atom. The number of rotatable bonds is 6. The van der Waals surface area contributed by atoms with Crippen molar-refractivity contribution in [2.24, 2.45) is 0 Å². The fraction of sp³-hybridized carbons (Fsp3) is 0.0588. The van der Waals surface area contributed by atoms with Crippen molar-refractivity contribution < 1.29 is 23.8 Å². The normalized spacial score (nSPS) is 10.6. The molecule has 0 aliphatic rings. The van der Waals surface area contributed by atoms with Crippen LogP contribution < -0.4 is 4.74 Å². The third-order valence-electron chi connectivity index (χ3n) is 2.91. The second-order valence-corrected chi connectivity index (χ2v) is 4.47. The van der Waals surface area contributed by atoms with E-state index >= 15 is 0 Å². The average Bonchev–Trinajstić information content (AvgIpc) is 2.52. The monoisotopic (exact) mass is 300 g/mol. The summed E-state index contributed by atoms with van der Waals surface area (Å²) in [7, 11) is 0. The zero-order valence-electron chi connectivity index (χ0n) is 11.5. The Kier molecular flexibility index (Phi) is 5.03. The lowest BCUT2D eigenvalue weighted by atomic mass is 10.1. The highest BCUT2D eigenvalue weighted by molar-refractivity contribution is 5.92. The van der Waals surface area contributed by atoms with E-state index in [1.165, 1.54) is 36.4 Å². The molecule has 5 heteroatoms. The SMILES string of the molecule is O=CC=Cc1ccc(OCc2ccc(F)cc2)c(C(=O)O)c1. The summed E-state index contributed by atoms with van der Waals surface area (Å²) in [5.74, 6) is -1.27. The van der Waals surface area contributed by atoms with Crippen LogP contribution in [0.4, 0.5) is 4.39 Å². The zero-order valence-corrected chi connectivity index (χ0v) is 11.5. The van der Waals surface area contributed by atoms with Gasteiger partial charge in [-0.25, -0.2) is 9.18 Å². The van der Waals surface area contributed by atoms with Crippen molar-refractivity contribution in [1.29, 1.82) is 0 Å². The van der Waals surface area contributed by atoms with Crippen molar-refractivity contribution in [3.63, 3.8) is 0 Å². The number of benzene rings is 2. The van der Waals surface area contributed by atoms with Gasteiger partial charge in [0.2, 0.25) is 0 Å². The number of halogens is 1. The van der Waals surface area contributed by atoms with E-state index in [4.69, 9.17) is 4.74 Å². The van der Waals surface area contributed by atoms with Crippen LogP contribution in [0.15, 0.2) is 48.5 Å². The van der Waals surface area contributed by atoms with E-state index in [2.05, 4.69) is 0 Å². The van der Waals surface area contributed by atoms with Gasteiger partial charge in [0.1, 0.15) is 30.0 Å². The lowest BCUT2D eigenvalue weighted by Gasteiger charge is -2.10. The van der Waals surface area contributed by atoms with Crippen LogP contribution in [0, 0.1) is 5.82 Å². The molecular formula is C17H13FO4. The van der Waals surface area contributed by atoms with Gasteiger partial charge in [0.15, 0.2) is 0 Å². The maximum absolute atomic E-state index is 12.8. The molecule has 0 aromatic heterocycles. The lowest BCUT2D eigenvalue weighted by molar-refractivity contribution is -0.104. The third kappa shape index (κ3) is 4.02. The molecule has 22 heavy (non-hydrogen) atoms. The number of aromatic carboxylic acids is 1. The Balaban J connectivity index is 2.19. The smallest absolute Gasteiger partial charge is 0.339 e. The molecular weight excluding hydrogens is 287 g/mol. The number of hydrogen-bond acceptors (Lipinski definition) is 3. The fourth-order valence-corrected chi connectivity index (χ4v) is 1.84. The summed E-state index contributed by atoms with van der Waals surface area (Å²) in [6.45, 7) is 0.129. The number of ether oxygens (including phenoxy) is 1. The first-order valence-corrected chi connectivity index (χ1v) is 6.46. The lowest BCUT2D eigenvalue weighted by Crippen LogP contribution is -2.04. The van der Waals surface area contributed by atoms with Gasteiger partial charge in [0, 0.05) is 0 Å². The van der Waals surface area contributed by atoms with Gasteiger partial charge in [-0.1, -0.05) is 24.3 Å². The summed E-state index contributed by atoms with van der Waals surface area (Å²) in [6.07, 6.45) is 3.39. The summed E-state index contributed by atoms with van der Waals surface area (Å²) < 4.78 is 18.3. The molecule has 0 radical (unpaired) electrons. The van der Waals surface area contributed by atoms with Crippen LogP contribution in [0.5, 0.6) is 5.75 Å². The van der Waals surface area contributed by atoms with Crippen molar-refractivity contribution in [2.45, 2.75) is 6.61 Å². The molecule has 2 rings (SSSR count). The predicted molar refractivity (Wildman–Crippen MR) is 79.2 cm³/mol. The van der Waals surface area contributed by atoms with Gasteiger partial charge >= 0.3 is 5.97 Å². The summed E-state index contributed by atoms with van der Waals surface area (Å²) in [6, 6.07) is 10.3. The quantitative estimate of drug-likeness (QED) is 0.656. The van der Waals surface area contributed by atoms with Gasteiger partial charge in [-0.3, -0.25) is 4.79 Å². The molecule has 0 heterocycles. The van der Waals surface area contributed by atoms with Crippen LogP contribution in [-0.4, -0.2) is 17.4 Å². The van der Waals surface area contributed by atoms with Gasteiger partial charge in [0.25, 0.3) is 0 Å². The maximum Gasteiger partial charge on any atom is 0.339 e. The van der Waals surface area contributed by atoms with E-state index in [0.29, 0.717) is 11.8 Å². The molecule has 0 aliphatic carbocycles.